The summed E-state index contributed by atoms with van der Waals surface area (Å²) in [7, 11) is 0. The second kappa shape index (κ2) is 12.4. The van der Waals surface area contributed by atoms with Crippen molar-refractivity contribution in [1.82, 2.24) is 20.5 Å². The van der Waals surface area contributed by atoms with Crippen LogP contribution in [-0.4, -0.2) is 35.5 Å². The number of aryl methyl sites for hydroxylation is 2. The van der Waals surface area contributed by atoms with Crippen LogP contribution in [0.2, 0.25) is 0 Å². The van der Waals surface area contributed by atoms with E-state index in [4.69, 9.17) is 9.41 Å². The van der Waals surface area contributed by atoms with Crippen molar-refractivity contribution in [2.24, 2.45) is 16.8 Å². The van der Waals surface area contributed by atoms with Crippen LogP contribution in [0.15, 0.2) is 33.7 Å². The normalized spacial score (nSPS) is 19.7. The quantitative estimate of drug-likeness (QED) is 0.305. The highest BCUT2D eigenvalue weighted by molar-refractivity contribution is 14.0. The minimum atomic E-state index is 0. The lowest BCUT2D eigenvalue weighted by atomic mass is 9.91. The maximum absolute atomic E-state index is 5.66. The van der Waals surface area contributed by atoms with Gasteiger partial charge >= 0.3 is 0 Å². The fourth-order valence-corrected chi connectivity index (χ4v) is 4.31. The summed E-state index contributed by atoms with van der Waals surface area (Å²) in [6, 6.07) is 8.68. The molecule has 0 bridgehead atoms. The van der Waals surface area contributed by atoms with Gasteiger partial charge in [0.25, 0.3) is 0 Å². The average molecular weight is 540 g/mol. The van der Waals surface area contributed by atoms with Gasteiger partial charge in [0.1, 0.15) is 5.76 Å². The van der Waals surface area contributed by atoms with E-state index in [2.05, 4.69) is 65.6 Å². The number of nitrogens with one attached hydrogen (secondary N) is 2. The number of halogens is 1. The number of piperidine rings is 1. The van der Waals surface area contributed by atoms with Crippen molar-refractivity contribution in [3.05, 3.63) is 52.7 Å². The Bertz CT molecular complexity index is 821. The molecule has 3 rings (SSSR count). The molecule has 1 aliphatic rings. The van der Waals surface area contributed by atoms with Crippen molar-refractivity contribution >= 4 is 29.9 Å². The second-order valence-electron chi connectivity index (χ2n) is 8.71. The third-order valence-corrected chi connectivity index (χ3v) is 5.69. The largest absolute Gasteiger partial charge is 0.444 e. The molecule has 0 amide bonds. The molecule has 2 heterocycles. The fourth-order valence-electron chi connectivity index (χ4n) is 4.31. The third kappa shape index (κ3) is 7.79. The fraction of sp³-hybridized carbons (Fsp3) is 0.583. The van der Waals surface area contributed by atoms with Gasteiger partial charge in [0.05, 0.1) is 18.8 Å². The van der Waals surface area contributed by atoms with Gasteiger partial charge in [0, 0.05) is 26.2 Å². The van der Waals surface area contributed by atoms with Crippen molar-refractivity contribution in [3.8, 4) is 0 Å². The highest BCUT2D eigenvalue weighted by Crippen LogP contribution is 2.23. The smallest absolute Gasteiger partial charge is 0.214 e. The highest BCUT2D eigenvalue weighted by atomic mass is 127. The van der Waals surface area contributed by atoms with Gasteiger partial charge in [-0.1, -0.05) is 38.1 Å². The van der Waals surface area contributed by atoms with Crippen LogP contribution < -0.4 is 10.6 Å². The van der Waals surface area contributed by atoms with E-state index in [9.17, 15) is 0 Å². The first-order chi connectivity index (χ1) is 14.4. The zero-order chi connectivity index (χ0) is 21.5. The van der Waals surface area contributed by atoms with Crippen LogP contribution in [0.3, 0.4) is 0 Å². The number of guanidine groups is 1. The third-order valence-electron chi connectivity index (χ3n) is 5.69. The molecule has 2 aromatic rings. The van der Waals surface area contributed by atoms with Gasteiger partial charge in [0.2, 0.25) is 5.89 Å². The van der Waals surface area contributed by atoms with E-state index < -0.39 is 0 Å². The van der Waals surface area contributed by atoms with Crippen molar-refractivity contribution in [3.63, 3.8) is 0 Å². The van der Waals surface area contributed by atoms with E-state index in [-0.39, 0.29) is 24.0 Å². The molecule has 172 valence electrons. The molecule has 31 heavy (non-hydrogen) atoms. The predicted octanol–water partition coefficient (Wildman–Crippen LogP) is 4.64. The Morgan fingerprint density at radius 1 is 1.13 bits per heavy atom. The molecule has 0 saturated carbocycles. The topological polar surface area (TPSA) is 65.7 Å². The first kappa shape index (κ1) is 25.6. The van der Waals surface area contributed by atoms with Gasteiger partial charge in [-0.3, -0.25) is 4.90 Å². The molecule has 2 atom stereocenters. The van der Waals surface area contributed by atoms with Crippen molar-refractivity contribution in [1.29, 1.82) is 0 Å². The maximum Gasteiger partial charge on any atom is 0.214 e. The number of aromatic nitrogens is 1. The lowest BCUT2D eigenvalue weighted by Gasteiger charge is -2.35. The minimum Gasteiger partial charge on any atom is -0.444 e. The van der Waals surface area contributed by atoms with Crippen molar-refractivity contribution in [2.75, 3.05) is 19.6 Å². The van der Waals surface area contributed by atoms with E-state index in [0.29, 0.717) is 19.0 Å². The van der Waals surface area contributed by atoms with Crippen LogP contribution in [0.25, 0.3) is 0 Å². The summed E-state index contributed by atoms with van der Waals surface area (Å²) >= 11 is 0. The molecule has 0 radical (unpaired) electrons. The van der Waals surface area contributed by atoms with E-state index >= 15 is 0 Å². The number of benzene rings is 1. The highest BCUT2D eigenvalue weighted by Gasteiger charge is 2.22. The van der Waals surface area contributed by atoms with Crippen LogP contribution in [0.5, 0.6) is 0 Å². The molecule has 1 aromatic carbocycles. The number of oxazole rings is 1. The van der Waals surface area contributed by atoms with Crippen molar-refractivity contribution < 1.29 is 4.42 Å². The van der Waals surface area contributed by atoms with Gasteiger partial charge in [-0.15, -0.1) is 24.0 Å². The van der Waals surface area contributed by atoms with Gasteiger partial charge < -0.3 is 15.1 Å². The molecular weight excluding hydrogens is 501 g/mol. The van der Waals surface area contributed by atoms with E-state index in [1.807, 2.05) is 13.8 Å². The van der Waals surface area contributed by atoms with Gasteiger partial charge in [-0.25, -0.2) is 9.98 Å². The Hall–Kier alpha value is -1.61. The summed E-state index contributed by atoms with van der Waals surface area (Å²) in [6.07, 6.45) is 1.34. The Morgan fingerprint density at radius 3 is 2.42 bits per heavy atom. The van der Waals surface area contributed by atoms with Crippen LogP contribution in [-0.2, 0) is 19.6 Å². The molecule has 6 nitrogen and oxygen atoms in total. The number of hydrogen-bond donors (Lipinski definition) is 2. The SMILES string of the molecule is CCNC(=NCc1ccccc1CN1CC(C)CC(C)C1)NCc1nc(C)c(C)o1.I. The summed E-state index contributed by atoms with van der Waals surface area (Å²) in [4.78, 5) is 11.8. The summed E-state index contributed by atoms with van der Waals surface area (Å²) in [5.41, 5.74) is 3.59. The molecular formula is C24H38IN5O. The summed E-state index contributed by atoms with van der Waals surface area (Å²) < 4.78 is 5.66. The second-order valence-corrected chi connectivity index (χ2v) is 8.71. The van der Waals surface area contributed by atoms with Gasteiger partial charge in [-0.05, 0) is 50.2 Å². The first-order valence-corrected chi connectivity index (χ1v) is 11.2. The molecule has 1 fully saturated rings. The molecule has 1 saturated heterocycles. The Balaban J connectivity index is 0.00000341. The van der Waals surface area contributed by atoms with Crippen LogP contribution in [0.1, 0.15) is 55.7 Å². The summed E-state index contributed by atoms with van der Waals surface area (Å²) in [5.74, 6) is 3.87. The lowest BCUT2D eigenvalue weighted by molar-refractivity contribution is 0.134. The number of aliphatic imine (C=N–C) groups is 1. The van der Waals surface area contributed by atoms with E-state index in [1.165, 1.54) is 30.6 Å². The zero-order valence-electron chi connectivity index (χ0n) is 19.6. The summed E-state index contributed by atoms with van der Waals surface area (Å²) in [5, 5.41) is 6.65. The number of nitrogens with zero attached hydrogens (tertiary/aromatic N) is 3. The number of rotatable bonds is 7. The molecule has 0 aliphatic carbocycles. The standard InChI is InChI=1S/C24H37N5O.HI/c1-6-25-24(27-13-23-28-19(4)20(5)30-23)26-12-21-9-7-8-10-22(21)16-29-14-17(2)11-18(3)15-29;/h7-10,17-18H,6,11-16H2,1-5H3,(H2,25,26,27);1H. The molecule has 0 spiro atoms. The number of hydrogen-bond acceptors (Lipinski definition) is 4. The molecule has 1 aliphatic heterocycles. The van der Waals surface area contributed by atoms with Gasteiger partial charge in [0.15, 0.2) is 5.96 Å². The number of likely N-dealkylation sites (tertiary alicyclic amines) is 1. The molecule has 2 N–H and O–H groups in total. The van der Waals surface area contributed by atoms with Crippen LogP contribution in [0, 0.1) is 25.7 Å². The Kier molecular flexibility index (Phi) is 10.3. The van der Waals surface area contributed by atoms with E-state index in [0.717, 1.165) is 42.3 Å². The summed E-state index contributed by atoms with van der Waals surface area (Å²) in [6.45, 7) is 16.0. The Labute approximate surface area is 204 Å². The maximum atomic E-state index is 5.66. The lowest BCUT2D eigenvalue weighted by Crippen LogP contribution is -2.38. The Morgan fingerprint density at radius 2 is 1.81 bits per heavy atom. The molecule has 2 unspecified atom stereocenters. The molecule has 7 heteroatoms. The minimum absolute atomic E-state index is 0. The van der Waals surface area contributed by atoms with Crippen LogP contribution >= 0.6 is 24.0 Å². The average Bonchev–Trinajstić information content (AvgIpc) is 3.02. The first-order valence-electron chi connectivity index (χ1n) is 11.2. The van der Waals surface area contributed by atoms with Crippen molar-refractivity contribution in [2.45, 2.75) is 60.7 Å². The monoisotopic (exact) mass is 539 g/mol. The molecule has 1 aromatic heterocycles. The zero-order valence-corrected chi connectivity index (χ0v) is 21.9. The van der Waals surface area contributed by atoms with Crippen LogP contribution in [0.4, 0.5) is 0 Å². The van der Waals surface area contributed by atoms with Gasteiger partial charge in [-0.2, -0.15) is 0 Å². The van der Waals surface area contributed by atoms with E-state index in [1.54, 1.807) is 0 Å². The predicted molar refractivity (Wildman–Crippen MR) is 138 cm³/mol.